The van der Waals surface area contributed by atoms with Gasteiger partial charge in [-0.2, -0.15) is 0 Å². The van der Waals surface area contributed by atoms with Crippen LogP contribution in [0.2, 0.25) is 0 Å². The molecule has 0 saturated heterocycles. The summed E-state index contributed by atoms with van der Waals surface area (Å²) >= 11 is 0. The molecule has 2 unspecified atom stereocenters. The van der Waals surface area contributed by atoms with Crippen LogP contribution in [0, 0.1) is 0 Å². The number of nitrogens with two attached hydrogens (primary N) is 1. The van der Waals surface area contributed by atoms with Gasteiger partial charge in [-0.15, -0.1) is 0 Å². The number of primary amides is 1. The molecule has 1 aromatic carbocycles. The first-order valence-corrected chi connectivity index (χ1v) is 6.65. The molecule has 1 aromatic rings. The van der Waals surface area contributed by atoms with Gasteiger partial charge in [0.25, 0.3) is 0 Å². The highest BCUT2D eigenvalue weighted by Gasteiger charge is 2.28. The maximum absolute atomic E-state index is 11.9. The molecule has 0 spiro atoms. The Balaban J connectivity index is 2.31. The molecule has 0 aliphatic carbocycles. The fraction of sp³-hybridized carbons (Fsp3) is 0.273. The molecule has 0 radical (unpaired) electrons. The van der Waals surface area contributed by atoms with Gasteiger partial charge in [0.05, 0.1) is 0 Å². The lowest BCUT2D eigenvalue weighted by Crippen LogP contribution is -2.28. The fourth-order valence-corrected chi connectivity index (χ4v) is 2.85. The van der Waals surface area contributed by atoms with Crippen molar-refractivity contribution in [2.24, 2.45) is 5.73 Å². The van der Waals surface area contributed by atoms with Gasteiger partial charge in [-0.05, 0) is 17.7 Å². The van der Waals surface area contributed by atoms with Crippen molar-refractivity contribution >= 4 is 22.7 Å². The Morgan fingerprint density at radius 3 is 2.68 bits per heavy atom. The minimum atomic E-state index is -1.94. The number of carbonyl (C=O) groups excluding carboxylic acids is 1. The van der Waals surface area contributed by atoms with Crippen LogP contribution in [0.1, 0.15) is 10.8 Å². The van der Waals surface area contributed by atoms with Crippen molar-refractivity contribution in [3.8, 4) is 11.5 Å². The summed E-state index contributed by atoms with van der Waals surface area (Å²) in [5.41, 5.74) is 5.54. The highest BCUT2D eigenvalue weighted by atomic mass is 32.2. The average Bonchev–Trinajstić information content (AvgIpc) is 2.74. The molecule has 1 aliphatic heterocycles. The topological polar surface area (TPSA) is 116 Å². The summed E-state index contributed by atoms with van der Waals surface area (Å²) in [6, 6.07) is 4.56. The van der Waals surface area contributed by atoms with Crippen molar-refractivity contribution in [3.05, 3.63) is 23.8 Å². The van der Waals surface area contributed by atoms with E-state index in [9.17, 15) is 13.8 Å². The van der Waals surface area contributed by atoms with E-state index in [1.165, 1.54) is 12.1 Å². The predicted molar refractivity (Wildman–Crippen MR) is 65.1 cm³/mol. The van der Waals surface area contributed by atoms with Crippen molar-refractivity contribution < 1.29 is 28.4 Å². The van der Waals surface area contributed by atoms with E-state index in [0.29, 0.717) is 17.1 Å². The van der Waals surface area contributed by atoms with Crippen LogP contribution in [-0.4, -0.2) is 33.7 Å². The second-order valence-corrected chi connectivity index (χ2v) is 5.34. The molecule has 7 nitrogen and oxygen atoms in total. The van der Waals surface area contributed by atoms with Gasteiger partial charge in [-0.3, -0.25) is 13.8 Å². The first-order chi connectivity index (χ1) is 8.99. The summed E-state index contributed by atoms with van der Waals surface area (Å²) in [6.07, 6.45) is 0. The fourth-order valence-electron chi connectivity index (χ4n) is 1.73. The quantitative estimate of drug-likeness (QED) is 0.772. The molecule has 1 heterocycles. The maximum Gasteiger partial charge on any atom is 0.316 e. The van der Waals surface area contributed by atoms with E-state index in [1.807, 2.05) is 0 Å². The van der Waals surface area contributed by atoms with Crippen LogP contribution in [0.4, 0.5) is 0 Å². The highest BCUT2D eigenvalue weighted by molar-refractivity contribution is 7.86. The van der Waals surface area contributed by atoms with Crippen molar-refractivity contribution in [1.29, 1.82) is 0 Å². The number of hydrogen-bond donors (Lipinski definition) is 2. The smallest absolute Gasteiger partial charge is 0.316 e. The monoisotopic (exact) mass is 285 g/mol. The number of rotatable bonds is 5. The number of ether oxygens (including phenoxy) is 2. The van der Waals surface area contributed by atoms with Gasteiger partial charge in [0, 0.05) is 10.8 Å². The number of hydrogen-bond acceptors (Lipinski definition) is 5. The third-order valence-electron chi connectivity index (χ3n) is 2.49. The van der Waals surface area contributed by atoms with Gasteiger partial charge in [-0.1, -0.05) is 6.07 Å². The Bertz CT molecular complexity index is 558. The Kier molecular flexibility index (Phi) is 3.70. The molecule has 1 amide bonds. The van der Waals surface area contributed by atoms with E-state index >= 15 is 0 Å². The van der Waals surface area contributed by atoms with E-state index in [4.69, 9.17) is 20.3 Å². The van der Waals surface area contributed by atoms with Crippen LogP contribution in [0.5, 0.6) is 11.5 Å². The van der Waals surface area contributed by atoms with Gasteiger partial charge in [0.15, 0.2) is 11.5 Å². The number of benzene rings is 1. The summed E-state index contributed by atoms with van der Waals surface area (Å²) in [5, 5.41) is 7.44. The van der Waals surface area contributed by atoms with E-state index in [2.05, 4.69) is 0 Å². The minimum absolute atomic E-state index is 0.0677. The summed E-state index contributed by atoms with van der Waals surface area (Å²) < 4.78 is 22.1. The summed E-state index contributed by atoms with van der Waals surface area (Å²) in [4.78, 5) is 22.0. The van der Waals surface area contributed by atoms with Gasteiger partial charge >= 0.3 is 5.97 Å². The molecule has 0 aromatic heterocycles. The molecule has 19 heavy (non-hydrogen) atoms. The zero-order chi connectivity index (χ0) is 14.0. The van der Waals surface area contributed by atoms with E-state index in [-0.39, 0.29) is 6.79 Å². The number of carboxylic acid groups (broad SMARTS) is 1. The molecular weight excluding hydrogens is 274 g/mol. The van der Waals surface area contributed by atoms with Crippen molar-refractivity contribution in [1.82, 2.24) is 0 Å². The van der Waals surface area contributed by atoms with Gasteiger partial charge in [-0.25, -0.2) is 0 Å². The molecule has 2 atom stereocenters. The van der Waals surface area contributed by atoms with E-state index < -0.39 is 33.7 Å². The third-order valence-corrected chi connectivity index (χ3v) is 4.05. The Morgan fingerprint density at radius 2 is 2.05 bits per heavy atom. The van der Waals surface area contributed by atoms with Crippen molar-refractivity contribution in [3.63, 3.8) is 0 Å². The molecule has 0 fully saturated rings. The molecule has 3 N–H and O–H groups in total. The standard InChI is InChI=1S/C11H11NO6S/c12-11(15)10(19(16)4-9(13)14)6-1-2-7-8(3-6)18-5-17-7/h1-3,10H,4-5H2,(H2,12,15)(H,13,14). The van der Waals surface area contributed by atoms with Crippen molar-refractivity contribution in [2.75, 3.05) is 12.5 Å². The zero-order valence-corrected chi connectivity index (χ0v) is 10.5. The minimum Gasteiger partial charge on any atom is -0.481 e. The van der Waals surface area contributed by atoms with Crippen LogP contribution in [0.25, 0.3) is 0 Å². The average molecular weight is 285 g/mol. The normalized spacial score (nSPS) is 15.8. The molecule has 1 aliphatic rings. The lowest BCUT2D eigenvalue weighted by molar-refractivity contribution is -0.133. The van der Waals surface area contributed by atoms with Gasteiger partial charge in [0.1, 0.15) is 11.0 Å². The predicted octanol–water partition coefficient (Wildman–Crippen LogP) is -0.225. The summed E-state index contributed by atoms with van der Waals surface area (Å²) in [6.45, 7) is 0.0677. The van der Waals surface area contributed by atoms with E-state index in [1.54, 1.807) is 6.07 Å². The number of fused-ring (bicyclic) bond motifs is 1. The second-order valence-electron chi connectivity index (χ2n) is 3.81. The summed E-state index contributed by atoms with van der Waals surface area (Å²) in [5.74, 6) is -1.84. The summed E-state index contributed by atoms with van der Waals surface area (Å²) in [7, 11) is -1.94. The lowest BCUT2D eigenvalue weighted by Gasteiger charge is -2.12. The lowest BCUT2D eigenvalue weighted by atomic mass is 10.1. The Labute approximate surface area is 110 Å². The second kappa shape index (κ2) is 5.27. The first-order valence-electron chi connectivity index (χ1n) is 5.27. The van der Waals surface area contributed by atoms with Crippen LogP contribution < -0.4 is 15.2 Å². The molecule has 0 bridgehead atoms. The SMILES string of the molecule is NC(=O)C(c1ccc2c(c1)OCO2)S(=O)CC(=O)O. The number of carboxylic acids is 1. The largest absolute Gasteiger partial charge is 0.481 e. The molecule has 102 valence electrons. The van der Waals surface area contributed by atoms with Crippen LogP contribution in [0.15, 0.2) is 18.2 Å². The Hall–Kier alpha value is -2.09. The number of carbonyl (C=O) groups is 2. The Morgan fingerprint density at radius 1 is 1.37 bits per heavy atom. The molecule has 8 heteroatoms. The van der Waals surface area contributed by atoms with Gasteiger partial charge < -0.3 is 20.3 Å². The number of amides is 1. The molecule has 2 rings (SSSR count). The maximum atomic E-state index is 11.9. The van der Waals surface area contributed by atoms with Crippen LogP contribution in [0.3, 0.4) is 0 Å². The van der Waals surface area contributed by atoms with Crippen LogP contribution in [-0.2, 0) is 20.4 Å². The van der Waals surface area contributed by atoms with E-state index in [0.717, 1.165) is 0 Å². The molecule has 0 saturated carbocycles. The molecular formula is C11H11NO6S. The van der Waals surface area contributed by atoms with Crippen LogP contribution >= 0.6 is 0 Å². The van der Waals surface area contributed by atoms with Crippen molar-refractivity contribution in [2.45, 2.75) is 5.25 Å². The van der Waals surface area contributed by atoms with Gasteiger partial charge in [0.2, 0.25) is 12.7 Å². The third kappa shape index (κ3) is 2.84. The number of aliphatic carboxylic acids is 1. The first kappa shape index (κ1) is 13.3. The zero-order valence-electron chi connectivity index (χ0n) is 9.70. The highest BCUT2D eigenvalue weighted by Crippen LogP contribution is 2.35.